The summed E-state index contributed by atoms with van der Waals surface area (Å²) < 4.78 is 0. The van der Waals surface area contributed by atoms with Crippen LogP contribution >= 0.6 is 0 Å². The van der Waals surface area contributed by atoms with E-state index in [1.54, 1.807) is 13.0 Å². The lowest BCUT2D eigenvalue weighted by Crippen LogP contribution is -2.20. The van der Waals surface area contributed by atoms with Crippen molar-refractivity contribution >= 4 is 5.97 Å². The predicted octanol–water partition coefficient (Wildman–Crippen LogP) is 1.42. The molecule has 2 aliphatic rings. The first-order valence-corrected chi connectivity index (χ1v) is 5.22. The van der Waals surface area contributed by atoms with Crippen LogP contribution in [-0.2, 0) is 4.79 Å². The van der Waals surface area contributed by atoms with Crippen LogP contribution in [0, 0.1) is 17.8 Å². The number of rotatable bonds is 2. The molecule has 4 atom stereocenters. The fourth-order valence-electron chi connectivity index (χ4n) is 2.71. The number of aliphatic hydroxyl groups is 1. The van der Waals surface area contributed by atoms with Crippen molar-refractivity contribution in [2.24, 2.45) is 17.8 Å². The molecule has 0 aromatic heterocycles. The summed E-state index contributed by atoms with van der Waals surface area (Å²) in [6, 6.07) is 0. The SMILES string of the molecule is CC(/C=C1/C2CCC(C2)C1O)C(=O)O. The zero-order valence-corrected chi connectivity index (χ0v) is 8.31. The highest BCUT2D eigenvalue weighted by molar-refractivity contribution is 5.71. The van der Waals surface area contributed by atoms with Crippen LogP contribution in [0.1, 0.15) is 26.2 Å². The lowest BCUT2D eigenvalue weighted by molar-refractivity contribution is -0.139. The topological polar surface area (TPSA) is 57.5 Å². The van der Waals surface area contributed by atoms with Crippen molar-refractivity contribution in [3.8, 4) is 0 Å². The summed E-state index contributed by atoms with van der Waals surface area (Å²) >= 11 is 0. The molecule has 14 heavy (non-hydrogen) atoms. The molecule has 0 aromatic carbocycles. The Bertz CT molecular complexity index is 278. The van der Waals surface area contributed by atoms with Crippen LogP contribution in [0.4, 0.5) is 0 Å². The fraction of sp³-hybridized carbons (Fsp3) is 0.727. The molecule has 2 N–H and O–H groups in total. The van der Waals surface area contributed by atoms with E-state index in [0.29, 0.717) is 11.8 Å². The Balaban J connectivity index is 2.15. The van der Waals surface area contributed by atoms with Gasteiger partial charge < -0.3 is 10.2 Å². The smallest absolute Gasteiger partial charge is 0.310 e. The molecule has 0 radical (unpaired) electrons. The average molecular weight is 196 g/mol. The van der Waals surface area contributed by atoms with Gasteiger partial charge in [-0.2, -0.15) is 0 Å². The quantitative estimate of drug-likeness (QED) is 0.657. The van der Waals surface area contributed by atoms with E-state index in [1.807, 2.05) is 0 Å². The third kappa shape index (κ3) is 1.46. The molecule has 4 unspecified atom stereocenters. The van der Waals surface area contributed by atoms with Gasteiger partial charge in [-0.05, 0) is 43.6 Å². The van der Waals surface area contributed by atoms with Crippen molar-refractivity contribution in [1.82, 2.24) is 0 Å². The Hall–Kier alpha value is -0.830. The Labute approximate surface area is 83.4 Å². The molecular formula is C11H16O3. The maximum absolute atomic E-state index is 10.7. The van der Waals surface area contributed by atoms with Gasteiger partial charge in [0.15, 0.2) is 0 Å². The van der Waals surface area contributed by atoms with E-state index in [-0.39, 0.29) is 6.10 Å². The number of carbonyl (C=O) groups is 1. The first-order chi connectivity index (χ1) is 6.59. The number of carboxylic acids is 1. The number of hydrogen-bond acceptors (Lipinski definition) is 2. The summed E-state index contributed by atoms with van der Waals surface area (Å²) in [4.78, 5) is 10.7. The minimum Gasteiger partial charge on any atom is -0.481 e. The molecule has 3 nitrogen and oxygen atoms in total. The second-order valence-corrected chi connectivity index (χ2v) is 4.51. The molecule has 2 fully saturated rings. The van der Waals surface area contributed by atoms with E-state index >= 15 is 0 Å². The molecular weight excluding hydrogens is 180 g/mol. The van der Waals surface area contributed by atoms with E-state index in [4.69, 9.17) is 5.11 Å². The fourth-order valence-corrected chi connectivity index (χ4v) is 2.71. The minimum absolute atomic E-state index is 0.365. The zero-order valence-electron chi connectivity index (χ0n) is 8.31. The molecule has 2 bridgehead atoms. The molecule has 0 aromatic rings. The third-order valence-corrected chi connectivity index (χ3v) is 3.56. The van der Waals surface area contributed by atoms with Gasteiger partial charge in [0.1, 0.15) is 0 Å². The second-order valence-electron chi connectivity index (χ2n) is 4.51. The first kappa shape index (κ1) is 9.71. The molecule has 0 amide bonds. The molecule has 2 aliphatic carbocycles. The number of carboxylic acid groups (broad SMARTS) is 1. The zero-order chi connectivity index (χ0) is 10.3. The Kier molecular flexibility index (Phi) is 2.35. The molecule has 0 heterocycles. The normalized spacial score (nSPS) is 40.4. The average Bonchev–Trinajstić information content (AvgIpc) is 2.69. The van der Waals surface area contributed by atoms with Gasteiger partial charge in [-0.1, -0.05) is 6.08 Å². The van der Waals surface area contributed by atoms with E-state index in [1.165, 1.54) is 0 Å². The highest BCUT2D eigenvalue weighted by Gasteiger charge is 2.42. The maximum Gasteiger partial charge on any atom is 0.310 e. The summed E-state index contributed by atoms with van der Waals surface area (Å²) in [6.45, 7) is 1.66. The minimum atomic E-state index is -0.813. The van der Waals surface area contributed by atoms with Crippen molar-refractivity contribution in [3.05, 3.63) is 11.6 Å². The van der Waals surface area contributed by atoms with Gasteiger partial charge in [-0.15, -0.1) is 0 Å². The summed E-state index contributed by atoms with van der Waals surface area (Å²) in [6.07, 6.45) is 4.66. The van der Waals surface area contributed by atoms with Crippen LogP contribution in [0.5, 0.6) is 0 Å². The van der Waals surface area contributed by atoms with Crippen LogP contribution in [0.15, 0.2) is 11.6 Å². The molecule has 0 saturated heterocycles. The molecule has 0 spiro atoms. The Morgan fingerprint density at radius 1 is 1.57 bits per heavy atom. The van der Waals surface area contributed by atoms with Gasteiger partial charge in [0.2, 0.25) is 0 Å². The lowest BCUT2D eigenvalue weighted by Gasteiger charge is -2.20. The van der Waals surface area contributed by atoms with Crippen LogP contribution < -0.4 is 0 Å². The Morgan fingerprint density at radius 3 is 2.79 bits per heavy atom. The van der Waals surface area contributed by atoms with Crippen molar-refractivity contribution in [3.63, 3.8) is 0 Å². The summed E-state index contributed by atoms with van der Waals surface area (Å²) in [7, 11) is 0. The van der Waals surface area contributed by atoms with E-state index in [0.717, 1.165) is 24.8 Å². The predicted molar refractivity (Wildman–Crippen MR) is 51.7 cm³/mol. The second kappa shape index (κ2) is 3.39. The molecule has 3 heteroatoms. The van der Waals surface area contributed by atoms with Crippen molar-refractivity contribution in [1.29, 1.82) is 0 Å². The number of fused-ring (bicyclic) bond motifs is 2. The van der Waals surface area contributed by atoms with Gasteiger partial charge in [0, 0.05) is 0 Å². The lowest BCUT2D eigenvalue weighted by atomic mass is 9.90. The van der Waals surface area contributed by atoms with Crippen molar-refractivity contribution in [2.45, 2.75) is 32.3 Å². The van der Waals surface area contributed by atoms with Gasteiger partial charge in [0.25, 0.3) is 0 Å². The molecule has 78 valence electrons. The highest BCUT2D eigenvalue weighted by atomic mass is 16.4. The number of aliphatic carboxylic acids is 1. The maximum atomic E-state index is 10.7. The first-order valence-electron chi connectivity index (χ1n) is 5.22. The van der Waals surface area contributed by atoms with E-state index in [2.05, 4.69) is 0 Å². The number of aliphatic hydroxyl groups excluding tert-OH is 1. The van der Waals surface area contributed by atoms with E-state index in [9.17, 15) is 9.90 Å². The van der Waals surface area contributed by atoms with Crippen LogP contribution in [0.25, 0.3) is 0 Å². The molecule has 0 aliphatic heterocycles. The van der Waals surface area contributed by atoms with Gasteiger partial charge in [0.05, 0.1) is 12.0 Å². The van der Waals surface area contributed by atoms with Crippen molar-refractivity contribution < 1.29 is 15.0 Å². The number of hydrogen-bond donors (Lipinski definition) is 2. The van der Waals surface area contributed by atoms with Crippen LogP contribution in [-0.4, -0.2) is 22.3 Å². The summed E-state index contributed by atoms with van der Waals surface area (Å²) in [5.41, 5.74) is 0.983. The van der Waals surface area contributed by atoms with Crippen molar-refractivity contribution in [2.75, 3.05) is 0 Å². The van der Waals surface area contributed by atoms with Gasteiger partial charge in [-0.25, -0.2) is 0 Å². The molecule has 2 rings (SSSR count). The van der Waals surface area contributed by atoms with Gasteiger partial charge >= 0.3 is 5.97 Å². The third-order valence-electron chi connectivity index (χ3n) is 3.56. The largest absolute Gasteiger partial charge is 0.481 e. The van der Waals surface area contributed by atoms with E-state index < -0.39 is 11.9 Å². The standard InChI is InChI=1S/C11H16O3/c1-6(11(13)14)4-9-7-2-3-8(5-7)10(9)12/h4,6-8,10,12H,2-3,5H2,1H3,(H,13,14)/b9-4-. The summed E-state index contributed by atoms with van der Waals surface area (Å²) in [5.74, 6) is -0.435. The molecule has 2 saturated carbocycles. The Morgan fingerprint density at radius 2 is 2.29 bits per heavy atom. The van der Waals surface area contributed by atoms with Crippen LogP contribution in [0.3, 0.4) is 0 Å². The van der Waals surface area contributed by atoms with Gasteiger partial charge in [-0.3, -0.25) is 4.79 Å². The monoisotopic (exact) mass is 196 g/mol. The van der Waals surface area contributed by atoms with Crippen LogP contribution in [0.2, 0.25) is 0 Å². The highest BCUT2D eigenvalue weighted by Crippen LogP contribution is 2.48. The summed E-state index contributed by atoms with van der Waals surface area (Å²) in [5, 5.41) is 18.6.